The number of pyridine rings is 1. The van der Waals surface area contributed by atoms with Crippen LogP contribution in [0.15, 0.2) is 57.7 Å². The second kappa shape index (κ2) is 8.93. The molecule has 3 aromatic rings. The third kappa shape index (κ3) is 4.65. The van der Waals surface area contributed by atoms with Crippen molar-refractivity contribution in [3.63, 3.8) is 0 Å². The largest absolute Gasteiger partial charge is 0.507 e. The molecule has 1 aromatic heterocycles. The van der Waals surface area contributed by atoms with E-state index in [0.29, 0.717) is 17.1 Å². The molecule has 0 spiro atoms. The second-order valence-corrected chi connectivity index (χ2v) is 8.48. The average molecular weight is 503 g/mol. The molecule has 0 aliphatic rings. The number of ether oxygens (including phenoxy) is 1. The standard InChI is InChI=1S/C23H21Br2NO2/c1-14(2)19-13-18(28-23-20(24)7-4-15(3)21(23)25)12-17(22(19)27)6-5-16-8-10-26-11-9-16/h4-14,27H,1-3H3/b6-5+. The maximum atomic E-state index is 10.7. The molecule has 0 aliphatic carbocycles. The number of hydrogen-bond donors (Lipinski definition) is 1. The number of phenolic OH excluding ortho intramolecular Hbond substituents is 1. The summed E-state index contributed by atoms with van der Waals surface area (Å²) in [7, 11) is 0. The van der Waals surface area contributed by atoms with Crippen LogP contribution in [0.1, 0.15) is 42.0 Å². The van der Waals surface area contributed by atoms with Gasteiger partial charge in [-0.2, -0.15) is 0 Å². The lowest BCUT2D eigenvalue weighted by molar-refractivity contribution is 0.451. The number of benzene rings is 2. The topological polar surface area (TPSA) is 42.4 Å². The van der Waals surface area contributed by atoms with Gasteiger partial charge < -0.3 is 9.84 Å². The van der Waals surface area contributed by atoms with Crippen LogP contribution in [0.2, 0.25) is 0 Å². The molecule has 3 rings (SSSR count). The van der Waals surface area contributed by atoms with Crippen molar-refractivity contribution in [3.05, 3.63) is 80.0 Å². The van der Waals surface area contributed by atoms with Crippen LogP contribution in [0.3, 0.4) is 0 Å². The Morgan fingerprint density at radius 3 is 2.43 bits per heavy atom. The Hall–Kier alpha value is -2.11. The van der Waals surface area contributed by atoms with E-state index in [2.05, 4.69) is 36.8 Å². The van der Waals surface area contributed by atoms with E-state index in [0.717, 1.165) is 25.6 Å². The molecule has 5 heteroatoms. The van der Waals surface area contributed by atoms with Gasteiger partial charge in [0.2, 0.25) is 0 Å². The van der Waals surface area contributed by atoms with Crippen molar-refractivity contribution < 1.29 is 9.84 Å². The lowest BCUT2D eigenvalue weighted by Crippen LogP contribution is -1.95. The van der Waals surface area contributed by atoms with Crippen LogP contribution in [-0.2, 0) is 0 Å². The van der Waals surface area contributed by atoms with Crippen LogP contribution in [0.4, 0.5) is 0 Å². The lowest BCUT2D eigenvalue weighted by atomic mass is 9.98. The number of aromatic hydroxyl groups is 1. The number of hydrogen-bond acceptors (Lipinski definition) is 3. The number of aryl methyl sites for hydroxylation is 1. The molecule has 0 aliphatic heterocycles. The summed E-state index contributed by atoms with van der Waals surface area (Å²) in [5.74, 6) is 1.81. The van der Waals surface area contributed by atoms with Gasteiger partial charge in [-0.15, -0.1) is 0 Å². The SMILES string of the molecule is Cc1ccc(Br)c(Oc2cc(/C=C/c3ccncc3)c(O)c(C(C)C)c2)c1Br. The maximum absolute atomic E-state index is 10.7. The number of halogens is 2. The summed E-state index contributed by atoms with van der Waals surface area (Å²) in [6.07, 6.45) is 7.32. The van der Waals surface area contributed by atoms with E-state index < -0.39 is 0 Å². The Morgan fingerprint density at radius 2 is 1.75 bits per heavy atom. The summed E-state index contributed by atoms with van der Waals surface area (Å²) in [5, 5.41) is 10.7. The van der Waals surface area contributed by atoms with Gasteiger partial charge in [0.25, 0.3) is 0 Å². The van der Waals surface area contributed by atoms with Gasteiger partial charge in [-0.3, -0.25) is 4.98 Å². The molecule has 0 bridgehead atoms. The van der Waals surface area contributed by atoms with Gasteiger partial charge in [0.05, 0.1) is 8.95 Å². The van der Waals surface area contributed by atoms with E-state index in [1.54, 1.807) is 12.4 Å². The molecule has 1 heterocycles. The minimum atomic E-state index is 0.154. The van der Waals surface area contributed by atoms with Crippen LogP contribution in [0.25, 0.3) is 12.2 Å². The Labute approximate surface area is 182 Å². The number of aromatic nitrogens is 1. The van der Waals surface area contributed by atoms with Crippen LogP contribution in [0.5, 0.6) is 17.2 Å². The summed E-state index contributed by atoms with van der Waals surface area (Å²) in [6, 6.07) is 11.5. The Balaban J connectivity index is 2.04. The first-order valence-electron chi connectivity index (χ1n) is 8.94. The van der Waals surface area contributed by atoms with E-state index >= 15 is 0 Å². The van der Waals surface area contributed by atoms with Crippen molar-refractivity contribution >= 4 is 44.0 Å². The predicted molar refractivity (Wildman–Crippen MR) is 122 cm³/mol. The van der Waals surface area contributed by atoms with Crippen molar-refractivity contribution in [1.29, 1.82) is 0 Å². The number of phenols is 1. The minimum absolute atomic E-state index is 0.154. The summed E-state index contributed by atoms with van der Waals surface area (Å²) in [6.45, 7) is 6.12. The average Bonchev–Trinajstić information content (AvgIpc) is 2.68. The summed E-state index contributed by atoms with van der Waals surface area (Å²) < 4.78 is 7.97. The molecule has 144 valence electrons. The molecule has 0 saturated heterocycles. The highest BCUT2D eigenvalue weighted by Gasteiger charge is 2.15. The zero-order chi connectivity index (χ0) is 20.3. The first-order valence-corrected chi connectivity index (χ1v) is 10.5. The molecule has 0 radical (unpaired) electrons. The molecular formula is C23H21Br2NO2. The normalized spacial score (nSPS) is 11.4. The Kier molecular flexibility index (Phi) is 6.57. The first-order chi connectivity index (χ1) is 13.4. The monoisotopic (exact) mass is 501 g/mol. The zero-order valence-corrected chi connectivity index (χ0v) is 19.1. The van der Waals surface area contributed by atoms with E-state index in [4.69, 9.17) is 4.74 Å². The van der Waals surface area contributed by atoms with Gasteiger partial charge in [-0.25, -0.2) is 0 Å². The van der Waals surface area contributed by atoms with Crippen LogP contribution < -0.4 is 4.74 Å². The highest BCUT2D eigenvalue weighted by atomic mass is 79.9. The molecule has 1 N–H and O–H groups in total. The molecule has 28 heavy (non-hydrogen) atoms. The van der Waals surface area contributed by atoms with Gasteiger partial charge >= 0.3 is 0 Å². The van der Waals surface area contributed by atoms with E-state index in [1.807, 2.05) is 69.3 Å². The highest BCUT2D eigenvalue weighted by Crippen LogP contribution is 2.41. The second-order valence-electron chi connectivity index (χ2n) is 6.83. The van der Waals surface area contributed by atoms with Gasteiger partial charge in [0.15, 0.2) is 5.75 Å². The molecule has 0 amide bonds. The predicted octanol–water partition coefficient (Wildman–Crippen LogP) is 7.71. The molecule has 2 aromatic carbocycles. The summed E-state index contributed by atoms with van der Waals surface area (Å²) in [5.41, 5.74) is 3.64. The molecule has 0 atom stereocenters. The smallest absolute Gasteiger partial charge is 0.156 e. The molecule has 0 saturated carbocycles. The van der Waals surface area contributed by atoms with Gasteiger partial charge in [-0.1, -0.05) is 32.1 Å². The fourth-order valence-corrected chi connectivity index (χ4v) is 3.88. The van der Waals surface area contributed by atoms with Gasteiger partial charge in [0.1, 0.15) is 11.5 Å². The Morgan fingerprint density at radius 1 is 1.04 bits per heavy atom. The van der Waals surface area contributed by atoms with Gasteiger partial charge in [0, 0.05) is 23.5 Å². The fourth-order valence-electron chi connectivity index (χ4n) is 2.78. The molecule has 0 fully saturated rings. The maximum Gasteiger partial charge on any atom is 0.156 e. The lowest BCUT2D eigenvalue weighted by Gasteiger charge is -2.16. The van der Waals surface area contributed by atoms with Crippen LogP contribution in [0, 0.1) is 6.92 Å². The first kappa shape index (κ1) is 20.6. The van der Waals surface area contributed by atoms with Crippen molar-refractivity contribution in [1.82, 2.24) is 4.98 Å². The third-order valence-corrected chi connectivity index (χ3v) is 6.00. The molecule has 3 nitrogen and oxygen atoms in total. The minimum Gasteiger partial charge on any atom is -0.507 e. The number of rotatable bonds is 5. The highest BCUT2D eigenvalue weighted by molar-refractivity contribution is 9.11. The van der Waals surface area contributed by atoms with Crippen LogP contribution >= 0.6 is 31.9 Å². The van der Waals surface area contributed by atoms with Gasteiger partial charge in [-0.05, 0) is 86.2 Å². The number of nitrogens with zero attached hydrogens (tertiary/aromatic N) is 1. The zero-order valence-electron chi connectivity index (χ0n) is 15.9. The molecular weight excluding hydrogens is 482 g/mol. The van der Waals surface area contributed by atoms with E-state index in [-0.39, 0.29) is 11.7 Å². The van der Waals surface area contributed by atoms with Crippen LogP contribution in [-0.4, -0.2) is 10.1 Å². The summed E-state index contributed by atoms with van der Waals surface area (Å²) >= 11 is 7.16. The van der Waals surface area contributed by atoms with Crippen molar-refractivity contribution in [2.24, 2.45) is 0 Å². The third-order valence-electron chi connectivity index (χ3n) is 4.39. The Bertz CT molecular complexity index is 1010. The quantitative estimate of drug-likeness (QED) is 0.388. The van der Waals surface area contributed by atoms with Crippen molar-refractivity contribution in [2.45, 2.75) is 26.7 Å². The van der Waals surface area contributed by atoms with Crippen molar-refractivity contribution in [3.8, 4) is 17.2 Å². The van der Waals surface area contributed by atoms with E-state index in [9.17, 15) is 5.11 Å². The summed E-state index contributed by atoms with van der Waals surface area (Å²) in [4.78, 5) is 4.03. The van der Waals surface area contributed by atoms with E-state index in [1.165, 1.54) is 0 Å². The van der Waals surface area contributed by atoms with Crippen molar-refractivity contribution in [2.75, 3.05) is 0 Å². The molecule has 0 unspecified atom stereocenters. The fraction of sp³-hybridized carbons (Fsp3) is 0.174.